The van der Waals surface area contributed by atoms with Gasteiger partial charge in [-0.2, -0.15) is 0 Å². The highest BCUT2D eigenvalue weighted by molar-refractivity contribution is 5.68. The quantitative estimate of drug-likeness (QED) is 0.801. The van der Waals surface area contributed by atoms with Gasteiger partial charge in [0.15, 0.2) is 0 Å². The van der Waals surface area contributed by atoms with Crippen LogP contribution < -0.4 is 5.32 Å². The average Bonchev–Trinajstić information content (AvgIpc) is 2.96. The molecule has 2 aliphatic carbocycles. The minimum Gasteiger partial charge on any atom is -0.443 e. The third-order valence-electron chi connectivity index (χ3n) is 3.99. The van der Waals surface area contributed by atoms with Crippen LogP contribution in [-0.2, 0) is 4.74 Å². The minimum atomic E-state index is -0.230. The van der Waals surface area contributed by atoms with Gasteiger partial charge in [-0.05, 0) is 43.9 Å². The number of carbonyl (C=O) groups excluding carboxylic acids is 1. The van der Waals surface area contributed by atoms with Crippen molar-refractivity contribution < 1.29 is 9.53 Å². The van der Waals surface area contributed by atoms with Crippen molar-refractivity contribution in [2.45, 2.75) is 65.0 Å². The Bertz CT molecular complexity index is 285. The zero-order valence-electron chi connectivity index (χ0n) is 10.8. The summed E-state index contributed by atoms with van der Waals surface area (Å²) in [4.78, 5) is 11.8. The second-order valence-electron chi connectivity index (χ2n) is 6.46. The van der Waals surface area contributed by atoms with Crippen molar-refractivity contribution in [3.63, 3.8) is 0 Å². The summed E-state index contributed by atoms with van der Waals surface area (Å²) in [6.07, 6.45) is 4.38. The van der Waals surface area contributed by atoms with Crippen LogP contribution in [0.2, 0.25) is 0 Å². The van der Waals surface area contributed by atoms with Crippen molar-refractivity contribution in [3.8, 4) is 0 Å². The molecule has 0 radical (unpaired) electrons. The summed E-state index contributed by atoms with van der Waals surface area (Å²) in [6.45, 7) is 8.38. The SMILES string of the molecule is CC(NC(=O)OC1(C2CC2)CC1)C(C)(C)C. The van der Waals surface area contributed by atoms with Gasteiger partial charge in [-0.3, -0.25) is 0 Å². The van der Waals surface area contributed by atoms with Crippen LogP contribution in [0.15, 0.2) is 0 Å². The fourth-order valence-corrected chi connectivity index (χ4v) is 1.93. The van der Waals surface area contributed by atoms with Crippen LogP contribution in [0, 0.1) is 11.3 Å². The van der Waals surface area contributed by atoms with E-state index in [0.717, 1.165) is 12.8 Å². The third kappa shape index (κ3) is 2.50. The summed E-state index contributed by atoms with van der Waals surface area (Å²) in [6, 6.07) is 0.134. The molecule has 3 nitrogen and oxygen atoms in total. The lowest BCUT2D eigenvalue weighted by molar-refractivity contribution is 0.0626. The lowest BCUT2D eigenvalue weighted by Gasteiger charge is -2.28. The van der Waals surface area contributed by atoms with Crippen LogP contribution in [-0.4, -0.2) is 17.7 Å². The molecule has 1 unspecified atom stereocenters. The fourth-order valence-electron chi connectivity index (χ4n) is 1.93. The molecular weight excluding hydrogens is 202 g/mol. The van der Waals surface area contributed by atoms with Gasteiger partial charge in [-0.1, -0.05) is 20.8 Å². The first-order valence-corrected chi connectivity index (χ1v) is 6.33. The molecule has 2 fully saturated rings. The molecule has 1 amide bonds. The first kappa shape index (κ1) is 11.7. The molecule has 2 saturated carbocycles. The van der Waals surface area contributed by atoms with E-state index in [4.69, 9.17) is 4.74 Å². The zero-order chi connectivity index (χ0) is 12.0. The fraction of sp³-hybridized carbons (Fsp3) is 0.923. The Labute approximate surface area is 97.9 Å². The second kappa shape index (κ2) is 3.64. The van der Waals surface area contributed by atoms with E-state index in [1.165, 1.54) is 12.8 Å². The highest BCUT2D eigenvalue weighted by atomic mass is 16.6. The molecule has 0 aromatic carbocycles. The topological polar surface area (TPSA) is 38.3 Å². The molecule has 3 heteroatoms. The summed E-state index contributed by atoms with van der Waals surface area (Å²) in [7, 11) is 0. The number of rotatable bonds is 3. The number of hydrogen-bond donors (Lipinski definition) is 1. The normalized spacial score (nSPS) is 24.8. The molecule has 0 spiro atoms. The largest absolute Gasteiger partial charge is 0.443 e. The monoisotopic (exact) mass is 225 g/mol. The van der Waals surface area contributed by atoms with Gasteiger partial charge in [0.2, 0.25) is 0 Å². The highest BCUT2D eigenvalue weighted by Crippen LogP contribution is 2.56. The number of nitrogens with one attached hydrogen (secondary N) is 1. The van der Waals surface area contributed by atoms with Crippen molar-refractivity contribution in [3.05, 3.63) is 0 Å². The van der Waals surface area contributed by atoms with Gasteiger partial charge in [0.25, 0.3) is 0 Å². The molecule has 16 heavy (non-hydrogen) atoms. The van der Waals surface area contributed by atoms with E-state index >= 15 is 0 Å². The molecule has 0 heterocycles. The number of ether oxygens (including phenoxy) is 1. The summed E-state index contributed by atoms with van der Waals surface area (Å²) in [5.41, 5.74) is 0.0109. The Morgan fingerprint density at radius 3 is 2.31 bits per heavy atom. The van der Waals surface area contributed by atoms with Gasteiger partial charge < -0.3 is 10.1 Å². The van der Waals surface area contributed by atoms with E-state index in [2.05, 4.69) is 26.1 Å². The van der Waals surface area contributed by atoms with Crippen LogP contribution in [0.3, 0.4) is 0 Å². The molecule has 2 rings (SSSR count). The summed E-state index contributed by atoms with van der Waals surface area (Å²) >= 11 is 0. The van der Waals surface area contributed by atoms with Gasteiger partial charge in [-0.15, -0.1) is 0 Å². The molecule has 2 aliphatic rings. The maximum atomic E-state index is 11.8. The van der Waals surface area contributed by atoms with E-state index in [1.54, 1.807) is 0 Å². The van der Waals surface area contributed by atoms with Crippen LogP contribution in [0.1, 0.15) is 53.4 Å². The van der Waals surface area contributed by atoms with E-state index in [0.29, 0.717) is 5.92 Å². The van der Waals surface area contributed by atoms with Crippen LogP contribution in [0.5, 0.6) is 0 Å². The standard InChI is InChI=1S/C13H23NO2/c1-9(12(2,3)4)14-11(15)16-13(7-8-13)10-5-6-10/h9-10H,5-8H2,1-4H3,(H,14,15). The maximum absolute atomic E-state index is 11.8. The van der Waals surface area contributed by atoms with Gasteiger partial charge >= 0.3 is 6.09 Å². The van der Waals surface area contributed by atoms with Crippen molar-refractivity contribution in [1.82, 2.24) is 5.32 Å². The Balaban J connectivity index is 1.80. The molecule has 0 aromatic rings. The van der Waals surface area contributed by atoms with Crippen molar-refractivity contribution >= 4 is 6.09 Å². The molecule has 0 saturated heterocycles. The average molecular weight is 225 g/mol. The van der Waals surface area contributed by atoms with E-state index in [9.17, 15) is 4.79 Å². The third-order valence-corrected chi connectivity index (χ3v) is 3.99. The Morgan fingerprint density at radius 1 is 1.38 bits per heavy atom. The lowest BCUT2D eigenvalue weighted by atomic mass is 9.88. The van der Waals surface area contributed by atoms with Gasteiger partial charge in [0, 0.05) is 6.04 Å². The lowest BCUT2D eigenvalue weighted by Crippen LogP contribution is -2.43. The number of hydrogen-bond acceptors (Lipinski definition) is 2. The summed E-state index contributed by atoms with van der Waals surface area (Å²) in [5.74, 6) is 0.656. The van der Waals surface area contributed by atoms with Crippen LogP contribution in [0.4, 0.5) is 4.79 Å². The maximum Gasteiger partial charge on any atom is 0.407 e. The summed E-state index contributed by atoms with van der Waals surface area (Å²) < 4.78 is 5.59. The first-order chi connectivity index (χ1) is 7.33. The van der Waals surface area contributed by atoms with E-state index in [-0.39, 0.29) is 23.2 Å². The number of carbonyl (C=O) groups is 1. The van der Waals surface area contributed by atoms with Gasteiger partial charge in [0.1, 0.15) is 5.60 Å². The van der Waals surface area contributed by atoms with Crippen LogP contribution >= 0.6 is 0 Å². The molecular formula is C13H23NO2. The van der Waals surface area contributed by atoms with E-state index in [1.807, 2.05) is 6.92 Å². The molecule has 1 N–H and O–H groups in total. The Morgan fingerprint density at radius 2 is 1.94 bits per heavy atom. The first-order valence-electron chi connectivity index (χ1n) is 6.33. The van der Waals surface area contributed by atoms with Crippen molar-refractivity contribution in [2.75, 3.05) is 0 Å². The van der Waals surface area contributed by atoms with Gasteiger partial charge in [-0.25, -0.2) is 4.79 Å². The predicted molar refractivity (Wildman–Crippen MR) is 63.2 cm³/mol. The number of alkyl carbamates (subject to hydrolysis) is 1. The summed E-state index contributed by atoms with van der Waals surface area (Å²) in [5, 5.41) is 2.94. The van der Waals surface area contributed by atoms with Crippen LogP contribution in [0.25, 0.3) is 0 Å². The minimum absolute atomic E-state index is 0.0678. The molecule has 1 atom stereocenters. The van der Waals surface area contributed by atoms with E-state index < -0.39 is 0 Å². The number of amides is 1. The Hall–Kier alpha value is -0.730. The molecule has 92 valence electrons. The highest BCUT2D eigenvalue weighted by Gasteiger charge is 2.57. The van der Waals surface area contributed by atoms with Gasteiger partial charge in [0.05, 0.1) is 0 Å². The van der Waals surface area contributed by atoms with Crippen molar-refractivity contribution in [2.24, 2.45) is 11.3 Å². The molecule has 0 aliphatic heterocycles. The second-order valence-corrected chi connectivity index (χ2v) is 6.46. The molecule has 0 bridgehead atoms. The smallest absolute Gasteiger partial charge is 0.407 e. The predicted octanol–water partition coefficient (Wildman–Crippen LogP) is 3.09. The Kier molecular flexibility index (Phi) is 2.67. The van der Waals surface area contributed by atoms with Crippen molar-refractivity contribution in [1.29, 1.82) is 0 Å². The molecule has 0 aromatic heterocycles. The zero-order valence-corrected chi connectivity index (χ0v) is 10.8.